The van der Waals surface area contributed by atoms with E-state index in [1.165, 1.54) is 13.5 Å². The van der Waals surface area contributed by atoms with Gasteiger partial charge in [0.25, 0.3) is 0 Å². The molecule has 0 bridgehead atoms. The number of carbonyl (C=O) groups is 1. The highest BCUT2D eigenvalue weighted by atomic mass is 16.5. The highest BCUT2D eigenvalue weighted by Gasteiger charge is 2.23. The number of hydrogen-bond acceptors (Lipinski definition) is 4. The number of amides is 1. The lowest BCUT2D eigenvalue weighted by atomic mass is 10.3. The van der Waals surface area contributed by atoms with E-state index in [0.717, 1.165) is 39.1 Å². The van der Waals surface area contributed by atoms with E-state index in [-0.39, 0.29) is 12.1 Å². The summed E-state index contributed by atoms with van der Waals surface area (Å²) in [6.07, 6.45) is 1.87. The molecule has 0 spiro atoms. The molecular formula is C11H23N3O2. The Morgan fingerprint density at radius 3 is 3.06 bits per heavy atom. The molecule has 1 unspecified atom stereocenters. The van der Waals surface area contributed by atoms with Crippen molar-refractivity contribution in [2.45, 2.75) is 25.8 Å². The van der Waals surface area contributed by atoms with Gasteiger partial charge in [0.05, 0.1) is 7.11 Å². The summed E-state index contributed by atoms with van der Waals surface area (Å²) >= 11 is 0. The lowest BCUT2D eigenvalue weighted by molar-refractivity contribution is 0.166. The molecule has 1 heterocycles. The molecule has 1 amide bonds. The van der Waals surface area contributed by atoms with Crippen molar-refractivity contribution in [3.63, 3.8) is 0 Å². The summed E-state index contributed by atoms with van der Waals surface area (Å²) in [6.45, 7) is 7.34. The second kappa shape index (κ2) is 7.46. The number of alkyl carbamates (subject to hydrolysis) is 1. The van der Waals surface area contributed by atoms with Crippen LogP contribution in [0.15, 0.2) is 0 Å². The van der Waals surface area contributed by atoms with Crippen molar-refractivity contribution >= 4 is 6.09 Å². The van der Waals surface area contributed by atoms with Crippen LogP contribution in [0, 0.1) is 0 Å². The third-order valence-electron chi connectivity index (χ3n) is 2.86. The Morgan fingerprint density at radius 2 is 2.38 bits per heavy atom. The Labute approximate surface area is 97.5 Å². The summed E-state index contributed by atoms with van der Waals surface area (Å²) in [6, 6.07) is 0.256. The van der Waals surface area contributed by atoms with E-state index >= 15 is 0 Å². The maximum atomic E-state index is 11.0. The Balaban J connectivity index is 2.07. The van der Waals surface area contributed by atoms with Crippen LogP contribution in [-0.2, 0) is 4.74 Å². The average Bonchev–Trinajstić information content (AvgIpc) is 2.72. The second-order valence-electron chi connectivity index (χ2n) is 4.13. The molecule has 0 saturated carbocycles. The van der Waals surface area contributed by atoms with Gasteiger partial charge in [0.15, 0.2) is 0 Å². The van der Waals surface area contributed by atoms with E-state index in [2.05, 4.69) is 27.2 Å². The maximum absolute atomic E-state index is 11.0. The zero-order valence-corrected chi connectivity index (χ0v) is 10.3. The lowest BCUT2D eigenvalue weighted by Crippen LogP contribution is -2.37. The van der Waals surface area contributed by atoms with Crippen LogP contribution in [0.3, 0.4) is 0 Å². The van der Waals surface area contributed by atoms with E-state index in [1.807, 2.05) is 0 Å². The topological polar surface area (TPSA) is 53.6 Å². The second-order valence-corrected chi connectivity index (χ2v) is 4.13. The van der Waals surface area contributed by atoms with E-state index in [1.54, 1.807) is 0 Å². The van der Waals surface area contributed by atoms with E-state index in [0.29, 0.717) is 0 Å². The Bertz CT molecular complexity index is 211. The monoisotopic (exact) mass is 229 g/mol. The van der Waals surface area contributed by atoms with Gasteiger partial charge >= 0.3 is 6.09 Å². The van der Waals surface area contributed by atoms with Crippen molar-refractivity contribution in [2.24, 2.45) is 0 Å². The van der Waals surface area contributed by atoms with Crippen molar-refractivity contribution in [3.8, 4) is 0 Å². The van der Waals surface area contributed by atoms with Crippen LogP contribution >= 0.6 is 0 Å². The minimum Gasteiger partial charge on any atom is -0.453 e. The molecule has 1 fully saturated rings. The van der Waals surface area contributed by atoms with Crippen LogP contribution in [0.2, 0.25) is 0 Å². The first kappa shape index (κ1) is 13.3. The molecule has 1 aliphatic rings. The van der Waals surface area contributed by atoms with Gasteiger partial charge in [-0.1, -0.05) is 6.92 Å². The number of ether oxygens (including phenoxy) is 1. The van der Waals surface area contributed by atoms with Crippen molar-refractivity contribution in [3.05, 3.63) is 0 Å². The summed E-state index contributed by atoms with van der Waals surface area (Å²) in [4.78, 5) is 13.4. The fourth-order valence-electron chi connectivity index (χ4n) is 1.98. The molecule has 1 rings (SSSR count). The first-order valence-corrected chi connectivity index (χ1v) is 6.03. The molecule has 0 aromatic carbocycles. The molecule has 5 heteroatoms. The molecule has 1 atom stereocenters. The van der Waals surface area contributed by atoms with Gasteiger partial charge in [0.2, 0.25) is 0 Å². The molecule has 5 nitrogen and oxygen atoms in total. The maximum Gasteiger partial charge on any atom is 0.407 e. The lowest BCUT2D eigenvalue weighted by Gasteiger charge is -2.16. The standard InChI is InChI=1S/C11H23N3O2/c1-3-12-6-4-7-14-8-5-10(9-14)13-11(15)16-2/h10,12H,3-9H2,1-2H3,(H,13,15). The van der Waals surface area contributed by atoms with Crippen LogP contribution in [0.25, 0.3) is 0 Å². The summed E-state index contributed by atoms with van der Waals surface area (Å²) in [7, 11) is 1.40. The Kier molecular flexibility index (Phi) is 6.18. The van der Waals surface area contributed by atoms with Crippen LogP contribution in [-0.4, -0.2) is 56.9 Å². The third kappa shape index (κ3) is 4.81. The van der Waals surface area contributed by atoms with Gasteiger partial charge in [-0.15, -0.1) is 0 Å². The summed E-state index contributed by atoms with van der Waals surface area (Å²) in [5.41, 5.74) is 0. The molecule has 0 aliphatic carbocycles. The quantitative estimate of drug-likeness (QED) is 0.648. The van der Waals surface area contributed by atoms with Crippen molar-refractivity contribution in [2.75, 3.05) is 39.8 Å². The Hall–Kier alpha value is -0.810. The number of carbonyl (C=O) groups excluding carboxylic acids is 1. The van der Waals surface area contributed by atoms with Gasteiger partial charge in [-0.25, -0.2) is 4.79 Å². The first-order chi connectivity index (χ1) is 7.76. The van der Waals surface area contributed by atoms with Gasteiger partial charge < -0.3 is 20.3 Å². The number of likely N-dealkylation sites (tertiary alicyclic amines) is 1. The summed E-state index contributed by atoms with van der Waals surface area (Å²) in [5.74, 6) is 0. The molecule has 0 radical (unpaired) electrons. The number of methoxy groups -OCH3 is 1. The summed E-state index contributed by atoms with van der Waals surface area (Å²) in [5, 5.41) is 6.15. The number of hydrogen-bond donors (Lipinski definition) is 2. The van der Waals surface area contributed by atoms with Gasteiger partial charge in [-0.2, -0.15) is 0 Å². The van der Waals surface area contributed by atoms with Crippen LogP contribution in [0.1, 0.15) is 19.8 Å². The van der Waals surface area contributed by atoms with Gasteiger partial charge in [-0.05, 0) is 32.5 Å². The smallest absolute Gasteiger partial charge is 0.407 e. The number of nitrogens with zero attached hydrogens (tertiary/aromatic N) is 1. The van der Waals surface area contributed by atoms with Gasteiger partial charge in [-0.3, -0.25) is 0 Å². The third-order valence-corrected chi connectivity index (χ3v) is 2.86. The van der Waals surface area contributed by atoms with Crippen molar-refractivity contribution in [1.82, 2.24) is 15.5 Å². The van der Waals surface area contributed by atoms with Gasteiger partial charge in [0, 0.05) is 19.1 Å². The Morgan fingerprint density at radius 1 is 1.56 bits per heavy atom. The zero-order chi connectivity index (χ0) is 11.8. The highest BCUT2D eigenvalue weighted by molar-refractivity contribution is 5.67. The van der Waals surface area contributed by atoms with Crippen LogP contribution in [0.4, 0.5) is 4.79 Å². The SMILES string of the molecule is CCNCCCN1CCC(NC(=O)OC)C1. The predicted octanol–water partition coefficient (Wildman–Crippen LogP) is 0.416. The largest absolute Gasteiger partial charge is 0.453 e. The minimum atomic E-state index is -0.320. The normalized spacial score (nSPS) is 21.0. The zero-order valence-electron chi connectivity index (χ0n) is 10.3. The predicted molar refractivity (Wildman–Crippen MR) is 63.5 cm³/mol. The van der Waals surface area contributed by atoms with Crippen molar-refractivity contribution in [1.29, 1.82) is 0 Å². The minimum absolute atomic E-state index is 0.256. The fraction of sp³-hybridized carbons (Fsp3) is 0.909. The van der Waals surface area contributed by atoms with Gasteiger partial charge in [0.1, 0.15) is 0 Å². The average molecular weight is 229 g/mol. The molecule has 0 aromatic heterocycles. The molecule has 1 aliphatic heterocycles. The van der Waals surface area contributed by atoms with E-state index in [9.17, 15) is 4.79 Å². The highest BCUT2D eigenvalue weighted by Crippen LogP contribution is 2.09. The number of nitrogens with one attached hydrogen (secondary N) is 2. The molecule has 0 aromatic rings. The summed E-state index contributed by atoms with van der Waals surface area (Å²) < 4.78 is 4.58. The van der Waals surface area contributed by atoms with E-state index in [4.69, 9.17) is 0 Å². The fourth-order valence-corrected chi connectivity index (χ4v) is 1.98. The molecule has 1 saturated heterocycles. The van der Waals surface area contributed by atoms with E-state index < -0.39 is 0 Å². The molecule has 94 valence electrons. The molecule has 16 heavy (non-hydrogen) atoms. The molecule has 2 N–H and O–H groups in total. The van der Waals surface area contributed by atoms with Crippen LogP contribution in [0.5, 0.6) is 0 Å². The van der Waals surface area contributed by atoms with Crippen molar-refractivity contribution < 1.29 is 9.53 Å². The first-order valence-electron chi connectivity index (χ1n) is 6.03. The molecular weight excluding hydrogens is 206 g/mol. The van der Waals surface area contributed by atoms with Crippen LogP contribution < -0.4 is 10.6 Å². The number of rotatable bonds is 6.